The highest BCUT2D eigenvalue weighted by Gasteiger charge is 2.34. The van der Waals surface area contributed by atoms with E-state index in [1.54, 1.807) is 0 Å². The van der Waals surface area contributed by atoms with E-state index in [4.69, 9.17) is 45.0 Å². The van der Waals surface area contributed by atoms with Gasteiger partial charge in [0.25, 0.3) is 5.91 Å². The molecule has 1 amide bonds. The molecule has 0 aliphatic heterocycles. The third-order valence-corrected chi connectivity index (χ3v) is 3.66. The van der Waals surface area contributed by atoms with Crippen LogP contribution < -0.4 is 10.9 Å². The molecular weight excluding hydrogens is 374 g/mol. The van der Waals surface area contributed by atoms with Crippen LogP contribution in [0.5, 0.6) is 0 Å². The van der Waals surface area contributed by atoms with Gasteiger partial charge in [-0.25, -0.2) is 0 Å². The first-order valence-electron chi connectivity index (χ1n) is 6.22. The zero-order valence-corrected chi connectivity index (χ0v) is 13.7. The number of hydrogen-bond donors (Lipinski definition) is 7. The van der Waals surface area contributed by atoms with Crippen molar-refractivity contribution in [2.75, 3.05) is 12.0 Å². The maximum absolute atomic E-state index is 11.7. The van der Waals surface area contributed by atoms with Gasteiger partial charge in [0.2, 0.25) is 0 Å². The number of aliphatic hydroxyl groups is 5. The molecule has 1 aromatic carbocycles. The molecule has 8 nitrogen and oxygen atoms in total. The molecule has 0 aliphatic rings. The van der Waals surface area contributed by atoms with E-state index < -0.39 is 36.9 Å². The lowest BCUT2D eigenvalue weighted by Crippen LogP contribution is -2.52. The number of amides is 1. The minimum Gasteiger partial charge on any atom is -0.394 e. The van der Waals surface area contributed by atoms with Gasteiger partial charge in [-0.1, -0.05) is 34.8 Å². The largest absolute Gasteiger partial charge is 0.394 e. The van der Waals surface area contributed by atoms with Crippen LogP contribution in [0.15, 0.2) is 12.1 Å². The van der Waals surface area contributed by atoms with Gasteiger partial charge in [-0.05, 0) is 12.1 Å². The normalized spacial score (nSPS) is 16.3. The van der Waals surface area contributed by atoms with Crippen molar-refractivity contribution in [1.29, 1.82) is 0 Å². The second-order valence-electron chi connectivity index (χ2n) is 4.53. The zero-order valence-electron chi connectivity index (χ0n) is 11.4. The number of carbonyl (C=O) groups excluding carboxylic acids is 1. The molecule has 1 aromatic rings. The second kappa shape index (κ2) is 8.86. The lowest BCUT2D eigenvalue weighted by Gasteiger charge is -2.25. The quantitative estimate of drug-likeness (QED) is 0.312. The predicted molar refractivity (Wildman–Crippen MR) is 84.4 cm³/mol. The maximum atomic E-state index is 11.7. The monoisotopic (exact) mass is 388 g/mol. The van der Waals surface area contributed by atoms with Crippen LogP contribution in [0.4, 0.5) is 5.69 Å². The summed E-state index contributed by atoms with van der Waals surface area (Å²) in [4.78, 5) is 11.7. The molecule has 0 bridgehead atoms. The highest BCUT2D eigenvalue weighted by molar-refractivity contribution is 6.41. The Kier molecular flexibility index (Phi) is 7.78. The minimum atomic E-state index is -2.09. The average molecular weight is 390 g/mol. The highest BCUT2D eigenvalue weighted by atomic mass is 35.5. The summed E-state index contributed by atoms with van der Waals surface area (Å²) in [5.41, 5.74) is 4.47. The molecule has 0 heterocycles. The van der Waals surface area contributed by atoms with Gasteiger partial charge < -0.3 is 25.5 Å². The fourth-order valence-corrected chi connectivity index (χ4v) is 2.45. The Morgan fingerprint density at radius 1 is 1.04 bits per heavy atom. The van der Waals surface area contributed by atoms with E-state index in [1.807, 2.05) is 5.43 Å². The van der Waals surface area contributed by atoms with Gasteiger partial charge in [0, 0.05) is 5.02 Å². The second-order valence-corrected chi connectivity index (χ2v) is 5.79. The van der Waals surface area contributed by atoms with E-state index in [0.29, 0.717) is 0 Å². The Balaban J connectivity index is 2.70. The fourth-order valence-electron chi connectivity index (χ4n) is 1.54. The SMILES string of the molecule is O=C(NNc1c(Cl)cc(Cl)cc1Cl)[C@H](O)[C@H](O)[C@H](O)[C@H](O)CO. The third kappa shape index (κ3) is 5.33. The summed E-state index contributed by atoms with van der Waals surface area (Å²) in [5, 5.41) is 46.9. The summed E-state index contributed by atoms with van der Waals surface area (Å²) in [6, 6.07) is 2.71. The lowest BCUT2D eigenvalue weighted by molar-refractivity contribution is -0.148. The molecule has 130 valence electrons. The number of halogens is 3. The lowest BCUT2D eigenvalue weighted by atomic mass is 10.0. The number of rotatable bonds is 7. The molecule has 23 heavy (non-hydrogen) atoms. The van der Waals surface area contributed by atoms with E-state index in [9.17, 15) is 20.1 Å². The minimum absolute atomic E-state index is 0.0913. The van der Waals surface area contributed by atoms with Crippen LogP contribution in [0.1, 0.15) is 0 Å². The molecule has 4 atom stereocenters. The van der Waals surface area contributed by atoms with Crippen molar-refractivity contribution in [3.05, 3.63) is 27.2 Å². The van der Waals surface area contributed by atoms with Crippen LogP contribution >= 0.6 is 34.8 Å². The number of nitrogens with one attached hydrogen (secondary N) is 2. The van der Waals surface area contributed by atoms with Gasteiger partial charge in [0.15, 0.2) is 6.10 Å². The van der Waals surface area contributed by atoms with Gasteiger partial charge in [-0.2, -0.15) is 0 Å². The van der Waals surface area contributed by atoms with Crippen LogP contribution in [0.3, 0.4) is 0 Å². The van der Waals surface area contributed by atoms with Crippen LogP contribution in [-0.2, 0) is 4.79 Å². The van der Waals surface area contributed by atoms with Crippen molar-refractivity contribution in [3.63, 3.8) is 0 Å². The summed E-state index contributed by atoms with van der Waals surface area (Å²) in [5.74, 6) is -1.14. The smallest absolute Gasteiger partial charge is 0.269 e. The number of hydrogen-bond acceptors (Lipinski definition) is 7. The van der Waals surface area contributed by atoms with Crippen molar-refractivity contribution < 1.29 is 30.3 Å². The molecule has 1 rings (SSSR count). The van der Waals surface area contributed by atoms with Gasteiger partial charge in [-0.15, -0.1) is 0 Å². The van der Waals surface area contributed by atoms with E-state index in [1.165, 1.54) is 12.1 Å². The van der Waals surface area contributed by atoms with Gasteiger partial charge in [0.05, 0.1) is 22.3 Å². The van der Waals surface area contributed by atoms with Crippen LogP contribution in [0.25, 0.3) is 0 Å². The first-order valence-corrected chi connectivity index (χ1v) is 7.36. The number of anilines is 1. The van der Waals surface area contributed by atoms with Gasteiger partial charge >= 0.3 is 0 Å². The Morgan fingerprint density at radius 2 is 1.57 bits per heavy atom. The summed E-state index contributed by atoms with van der Waals surface area (Å²) >= 11 is 17.5. The molecular formula is C12H15Cl3N2O6. The molecule has 0 aromatic heterocycles. The zero-order chi connectivity index (χ0) is 17.7. The summed E-state index contributed by atoms with van der Waals surface area (Å²) in [6.07, 6.45) is -7.78. The van der Waals surface area contributed by atoms with Crippen molar-refractivity contribution in [2.24, 2.45) is 0 Å². The highest BCUT2D eigenvalue weighted by Crippen LogP contribution is 2.33. The van der Waals surface area contributed by atoms with Crippen LogP contribution in [0, 0.1) is 0 Å². The molecule has 0 radical (unpaired) electrons. The van der Waals surface area contributed by atoms with Crippen LogP contribution in [-0.4, -0.2) is 62.5 Å². The number of hydrazine groups is 1. The summed E-state index contributed by atoms with van der Waals surface area (Å²) in [6.45, 7) is -0.860. The molecule has 11 heteroatoms. The average Bonchev–Trinajstić information content (AvgIpc) is 2.50. The first-order chi connectivity index (χ1) is 10.7. The Morgan fingerprint density at radius 3 is 2.04 bits per heavy atom. The molecule has 0 saturated heterocycles. The molecule has 0 unspecified atom stereocenters. The summed E-state index contributed by atoms with van der Waals surface area (Å²) in [7, 11) is 0. The molecule has 7 N–H and O–H groups in total. The van der Waals surface area contributed by atoms with Crippen molar-refractivity contribution in [3.8, 4) is 0 Å². The van der Waals surface area contributed by atoms with Crippen LogP contribution in [0.2, 0.25) is 15.1 Å². The van der Waals surface area contributed by atoms with E-state index >= 15 is 0 Å². The first kappa shape index (κ1) is 20.2. The summed E-state index contributed by atoms with van der Waals surface area (Å²) < 4.78 is 0. The Labute approximate surface area is 146 Å². The molecule has 0 saturated carbocycles. The van der Waals surface area contributed by atoms with Crippen molar-refractivity contribution in [1.82, 2.24) is 5.43 Å². The number of aliphatic hydroxyl groups excluding tert-OH is 5. The topological polar surface area (TPSA) is 142 Å². The van der Waals surface area contributed by atoms with E-state index in [-0.39, 0.29) is 20.8 Å². The maximum Gasteiger partial charge on any atom is 0.269 e. The molecule has 0 spiro atoms. The molecule has 0 aliphatic carbocycles. The predicted octanol–water partition coefficient (Wildman–Crippen LogP) is -0.474. The van der Waals surface area contributed by atoms with E-state index in [2.05, 4.69) is 5.43 Å². The number of benzene rings is 1. The van der Waals surface area contributed by atoms with Gasteiger partial charge in [-0.3, -0.25) is 15.6 Å². The third-order valence-electron chi connectivity index (χ3n) is 2.84. The van der Waals surface area contributed by atoms with Crippen molar-refractivity contribution in [2.45, 2.75) is 24.4 Å². The van der Waals surface area contributed by atoms with Gasteiger partial charge in [0.1, 0.15) is 18.3 Å². The Bertz CT molecular complexity index is 539. The number of carbonyl (C=O) groups is 1. The van der Waals surface area contributed by atoms with Crippen molar-refractivity contribution >= 4 is 46.4 Å². The molecule has 0 fully saturated rings. The fraction of sp³-hybridized carbons (Fsp3) is 0.417. The van der Waals surface area contributed by atoms with E-state index in [0.717, 1.165) is 0 Å². The standard InChI is InChI=1S/C12H15Cl3N2O6/c13-4-1-5(14)8(6(15)2-4)16-17-12(23)11(22)10(21)9(20)7(19)3-18/h1-2,7,9-11,16,18-22H,3H2,(H,17,23)/t7-,9-,10-,11-/m1/s1. The Hall–Kier alpha value is -0.840.